The van der Waals surface area contributed by atoms with E-state index in [2.05, 4.69) is 48.3 Å². The topological polar surface area (TPSA) is 24.7 Å². The SMILES string of the molecule is Cc1cc(C)cc(N=Nc2cccc3ccccc23)c1. The summed E-state index contributed by atoms with van der Waals surface area (Å²) >= 11 is 0. The molecule has 0 amide bonds. The summed E-state index contributed by atoms with van der Waals surface area (Å²) in [4.78, 5) is 0. The number of benzene rings is 3. The molecule has 3 rings (SSSR count). The predicted molar refractivity (Wildman–Crippen MR) is 84.0 cm³/mol. The lowest BCUT2D eigenvalue weighted by molar-refractivity contribution is 1.22. The second-order valence-corrected chi connectivity index (χ2v) is 5.04. The molecule has 2 heteroatoms. The third-order valence-electron chi connectivity index (χ3n) is 3.25. The minimum Gasteiger partial charge on any atom is -0.151 e. The van der Waals surface area contributed by atoms with Crippen LogP contribution in [-0.2, 0) is 0 Å². The Balaban J connectivity index is 2.02. The van der Waals surface area contributed by atoms with Crippen LogP contribution in [0.2, 0.25) is 0 Å². The van der Waals surface area contributed by atoms with Crippen molar-refractivity contribution in [1.29, 1.82) is 0 Å². The van der Waals surface area contributed by atoms with E-state index < -0.39 is 0 Å². The molecule has 0 unspecified atom stereocenters. The molecule has 0 spiro atoms. The van der Waals surface area contributed by atoms with E-state index in [9.17, 15) is 0 Å². The van der Waals surface area contributed by atoms with E-state index in [0.29, 0.717) is 0 Å². The lowest BCUT2D eigenvalue weighted by Crippen LogP contribution is -1.76. The highest BCUT2D eigenvalue weighted by Crippen LogP contribution is 2.27. The highest BCUT2D eigenvalue weighted by molar-refractivity contribution is 5.92. The van der Waals surface area contributed by atoms with Crippen LogP contribution in [0.25, 0.3) is 10.8 Å². The van der Waals surface area contributed by atoms with Crippen LogP contribution in [0.4, 0.5) is 11.4 Å². The Morgan fingerprint density at radius 3 is 2.20 bits per heavy atom. The van der Waals surface area contributed by atoms with E-state index in [1.54, 1.807) is 0 Å². The van der Waals surface area contributed by atoms with Gasteiger partial charge in [-0.3, -0.25) is 0 Å². The van der Waals surface area contributed by atoms with Crippen LogP contribution >= 0.6 is 0 Å². The first-order valence-corrected chi connectivity index (χ1v) is 6.70. The molecular weight excluding hydrogens is 244 g/mol. The van der Waals surface area contributed by atoms with Crippen molar-refractivity contribution in [2.24, 2.45) is 10.2 Å². The normalized spacial score (nSPS) is 11.3. The molecule has 0 saturated carbocycles. The number of aryl methyl sites for hydroxylation is 2. The van der Waals surface area contributed by atoms with Gasteiger partial charge in [-0.25, -0.2) is 0 Å². The minimum absolute atomic E-state index is 0.899. The van der Waals surface area contributed by atoms with Crippen LogP contribution in [0.1, 0.15) is 11.1 Å². The quantitative estimate of drug-likeness (QED) is 0.515. The van der Waals surface area contributed by atoms with Crippen LogP contribution in [0.3, 0.4) is 0 Å². The first-order valence-electron chi connectivity index (χ1n) is 6.70. The zero-order valence-corrected chi connectivity index (χ0v) is 11.7. The predicted octanol–water partition coefficient (Wildman–Crippen LogP) is 5.87. The van der Waals surface area contributed by atoms with E-state index in [0.717, 1.165) is 16.8 Å². The van der Waals surface area contributed by atoms with Gasteiger partial charge in [0.25, 0.3) is 0 Å². The van der Waals surface area contributed by atoms with Gasteiger partial charge in [0.1, 0.15) is 0 Å². The number of rotatable bonds is 2. The molecule has 3 aromatic rings. The molecular formula is C18H16N2. The lowest BCUT2D eigenvalue weighted by Gasteiger charge is -2.01. The fraction of sp³-hybridized carbons (Fsp3) is 0.111. The van der Waals surface area contributed by atoms with Gasteiger partial charge in [-0.1, -0.05) is 42.5 Å². The molecule has 0 bridgehead atoms. The van der Waals surface area contributed by atoms with Gasteiger partial charge in [-0.15, -0.1) is 5.11 Å². The fourth-order valence-electron chi connectivity index (χ4n) is 2.42. The van der Waals surface area contributed by atoms with Gasteiger partial charge in [0, 0.05) is 5.39 Å². The Morgan fingerprint density at radius 1 is 0.700 bits per heavy atom. The van der Waals surface area contributed by atoms with Gasteiger partial charge in [0.2, 0.25) is 0 Å². The van der Waals surface area contributed by atoms with Crippen molar-refractivity contribution in [1.82, 2.24) is 0 Å². The average Bonchev–Trinajstić information content (AvgIpc) is 2.44. The molecule has 0 aliphatic rings. The van der Waals surface area contributed by atoms with Crippen molar-refractivity contribution >= 4 is 22.1 Å². The molecule has 20 heavy (non-hydrogen) atoms. The summed E-state index contributed by atoms with van der Waals surface area (Å²) in [5, 5.41) is 11.1. The number of fused-ring (bicyclic) bond motifs is 1. The summed E-state index contributed by atoms with van der Waals surface area (Å²) in [6.45, 7) is 4.15. The Morgan fingerprint density at radius 2 is 1.40 bits per heavy atom. The third-order valence-corrected chi connectivity index (χ3v) is 3.25. The lowest BCUT2D eigenvalue weighted by atomic mass is 10.1. The van der Waals surface area contributed by atoms with E-state index in [-0.39, 0.29) is 0 Å². The number of azo groups is 1. The molecule has 0 fully saturated rings. The van der Waals surface area contributed by atoms with E-state index in [1.807, 2.05) is 36.4 Å². The number of hydrogen-bond acceptors (Lipinski definition) is 2. The molecule has 0 radical (unpaired) electrons. The summed E-state index contributed by atoms with van der Waals surface area (Å²) in [5.41, 5.74) is 4.21. The molecule has 3 aromatic carbocycles. The van der Waals surface area contributed by atoms with Gasteiger partial charge < -0.3 is 0 Å². The maximum Gasteiger partial charge on any atom is 0.0935 e. The van der Waals surface area contributed by atoms with Crippen LogP contribution in [0.15, 0.2) is 70.9 Å². The van der Waals surface area contributed by atoms with Crippen LogP contribution in [0.5, 0.6) is 0 Å². The highest BCUT2D eigenvalue weighted by Gasteiger charge is 1.99. The van der Waals surface area contributed by atoms with E-state index in [1.165, 1.54) is 16.5 Å². The van der Waals surface area contributed by atoms with Gasteiger partial charge in [0.15, 0.2) is 0 Å². The fourth-order valence-corrected chi connectivity index (χ4v) is 2.42. The minimum atomic E-state index is 0.899. The van der Waals surface area contributed by atoms with Crippen molar-refractivity contribution in [3.63, 3.8) is 0 Å². The van der Waals surface area contributed by atoms with Crippen molar-refractivity contribution in [3.8, 4) is 0 Å². The summed E-state index contributed by atoms with van der Waals surface area (Å²) in [7, 11) is 0. The van der Waals surface area contributed by atoms with Gasteiger partial charge in [-0.05, 0) is 48.6 Å². The molecule has 98 valence electrons. The number of hydrogen-bond donors (Lipinski definition) is 0. The van der Waals surface area contributed by atoms with Crippen molar-refractivity contribution in [3.05, 3.63) is 71.8 Å². The highest BCUT2D eigenvalue weighted by atomic mass is 15.1. The third kappa shape index (κ3) is 2.59. The maximum absolute atomic E-state index is 4.41. The molecule has 0 saturated heterocycles. The zero-order valence-electron chi connectivity index (χ0n) is 11.7. The summed E-state index contributed by atoms with van der Waals surface area (Å²) in [5.74, 6) is 0. The van der Waals surface area contributed by atoms with Crippen molar-refractivity contribution in [2.45, 2.75) is 13.8 Å². The average molecular weight is 260 g/mol. The summed E-state index contributed by atoms with van der Waals surface area (Å²) in [6, 6.07) is 20.5. The second kappa shape index (κ2) is 5.25. The second-order valence-electron chi connectivity index (χ2n) is 5.04. The first kappa shape index (κ1) is 12.5. The van der Waals surface area contributed by atoms with Gasteiger partial charge >= 0.3 is 0 Å². The van der Waals surface area contributed by atoms with Crippen molar-refractivity contribution in [2.75, 3.05) is 0 Å². The van der Waals surface area contributed by atoms with Crippen LogP contribution in [0, 0.1) is 13.8 Å². The Bertz CT molecular complexity index is 763. The molecule has 0 N–H and O–H groups in total. The standard InChI is InChI=1S/C18H16N2/c1-13-10-14(2)12-16(11-13)19-20-18-9-5-7-15-6-3-4-8-17(15)18/h3-12H,1-2H3. The Kier molecular flexibility index (Phi) is 3.30. The number of nitrogens with zero attached hydrogens (tertiary/aromatic N) is 2. The monoisotopic (exact) mass is 260 g/mol. The largest absolute Gasteiger partial charge is 0.151 e. The van der Waals surface area contributed by atoms with E-state index in [4.69, 9.17) is 0 Å². The first-order chi connectivity index (χ1) is 9.72. The Labute approximate surface area is 118 Å². The summed E-state index contributed by atoms with van der Waals surface area (Å²) in [6.07, 6.45) is 0. The van der Waals surface area contributed by atoms with Gasteiger partial charge in [-0.2, -0.15) is 5.11 Å². The molecule has 0 aromatic heterocycles. The van der Waals surface area contributed by atoms with E-state index >= 15 is 0 Å². The molecule has 0 aliphatic heterocycles. The van der Waals surface area contributed by atoms with Gasteiger partial charge in [0.05, 0.1) is 11.4 Å². The van der Waals surface area contributed by atoms with Crippen molar-refractivity contribution < 1.29 is 0 Å². The summed E-state index contributed by atoms with van der Waals surface area (Å²) < 4.78 is 0. The Hall–Kier alpha value is -2.48. The molecule has 0 aliphatic carbocycles. The smallest absolute Gasteiger partial charge is 0.0935 e. The molecule has 0 atom stereocenters. The maximum atomic E-state index is 4.41. The molecule has 0 heterocycles. The van der Waals surface area contributed by atoms with Crippen LogP contribution < -0.4 is 0 Å². The van der Waals surface area contributed by atoms with Crippen LogP contribution in [-0.4, -0.2) is 0 Å². The zero-order chi connectivity index (χ0) is 13.9. The molecule has 2 nitrogen and oxygen atoms in total.